The van der Waals surface area contributed by atoms with Crippen LogP contribution in [-0.4, -0.2) is 21.5 Å². The van der Waals surface area contributed by atoms with Crippen molar-refractivity contribution in [1.29, 1.82) is 0 Å². The molecule has 1 atom stereocenters. The summed E-state index contributed by atoms with van der Waals surface area (Å²) < 4.78 is 28.0. The van der Waals surface area contributed by atoms with Crippen molar-refractivity contribution < 1.29 is 23.5 Å². The number of carbonyl (C=O) groups excluding carboxylic acids is 2. The molecule has 0 saturated heterocycles. The average molecular weight is 358 g/mol. The van der Waals surface area contributed by atoms with E-state index in [2.05, 4.69) is 0 Å². The number of rotatable bonds is 3. The fourth-order valence-electron chi connectivity index (χ4n) is 3.14. The lowest BCUT2D eigenvalue weighted by Crippen LogP contribution is -2.20. The van der Waals surface area contributed by atoms with Crippen LogP contribution in [0.25, 0.3) is 10.9 Å². The number of carbonyl (C=O) groups is 2. The Morgan fingerprint density at radius 1 is 1.12 bits per heavy atom. The van der Waals surface area contributed by atoms with Gasteiger partial charge in [-0.15, -0.1) is 0 Å². The van der Waals surface area contributed by atoms with Gasteiger partial charge in [-0.05, 0) is 55.8 Å². The third kappa shape index (κ3) is 2.71. The Kier molecular flexibility index (Phi) is 4.23. The van der Waals surface area contributed by atoms with Gasteiger partial charge in [0.25, 0.3) is 5.91 Å². The van der Waals surface area contributed by atoms with E-state index in [0.29, 0.717) is 22.2 Å². The fourth-order valence-corrected chi connectivity index (χ4v) is 3.14. The molecule has 1 amide bonds. The van der Waals surface area contributed by atoms with E-state index in [1.807, 2.05) is 0 Å². The molecule has 0 aliphatic carbocycles. The van der Waals surface area contributed by atoms with Crippen molar-refractivity contribution in [3.05, 3.63) is 64.9 Å². The lowest BCUT2D eigenvalue weighted by Gasteiger charge is -2.10. The van der Waals surface area contributed by atoms with E-state index in [9.17, 15) is 23.5 Å². The van der Waals surface area contributed by atoms with Crippen LogP contribution in [0, 0.1) is 18.6 Å². The number of halogens is 2. The zero-order valence-corrected chi connectivity index (χ0v) is 14.1. The molecule has 0 aliphatic heterocycles. The maximum atomic E-state index is 13.5. The molecule has 3 N–H and O–H groups in total. The van der Waals surface area contributed by atoms with E-state index in [4.69, 9.17) is 5.73 Å². The molecule has 0 spiro atoms. The number of aromatic nitrogens is 1. The number of hydrogen-bond donors (Lipinski definition) is 2. The van der Waals surface area contributed by atoms with Crippen LogP contribution < -0.4 is 5.73 Å². The summed E-state index contributed by atoms with van der Waals surface area (Å²) in [6, 6.07) is 7.24. The Morgan fingerprint density at radius 2 is 1.81 bits per heavy atom. The maximum absolute atomic E-state index is 13.5. The Bertz CT molecular complexity index is 1060. The molecule has 2 aromatic carbocycles. The first-order valence-corrected chi connectivity index (χ1v) is 7.85. The molecular weight excluding hydrogens is 342 g/mol. The molecule has 0 fully saturated rings. The smallest absolute Gasteiger partial charge is 0.262 e. The molecular formula is C19H16F2N2O3. The fraction of sp³-hybridized carbons (Fsp3) is 0.158. The second-order valence-electron chi connectivity index (χ2n) is 6.09. The SMILES string of the molecule is Cc1c(C(C)C(N)=O)c2cc(O)ccc2n1C(=O)c1ccc(F)c(F)c1. The van der Waals surface area contributed by atoms with Crippen molar-refractivity contribution in [1.82, 2.24) is 4.57 Å². The van der Waals surface area contributed by atoms with Gasteiger partial charge in [0.15, 0.2) is 11.6 Å². The number of nitrogens with zero attached hydrogens (tertiary/aromatic N) is 1. The number of fused-ring (bicyclic) bond motifs is 1. The van der Waals surface area contributed by atoms with Crippen LogP contribution in [0.2, 0.25) is 0 Å². The van der Waals surface area contributed by atoms with Crippen LogP contribution in [0.4, 0.5) is 8.78 Å². The lowest BCUT2D eigenvalue weighted by atomic mass is 9.97. The van der Waals surface area contributed by atoms with E-state index in [1.165, 1.54) is 28.8 Å². The van der Waals surface area contributed by atoms with Crippen LogP contribution in [0.15, 0.2) is 36.4 Å². The van der Waals surface area contributed by atoms with Crippen molar-refractivity contribution in [3.63, 3.8) is 0 Å². The van der Waals surface area contributed by atoms with Crippen LogP contribution in [0.3, 0.4) is 0 Å². The molecule has 1 unspecified atom stereocenters. The topological polar surface area (TPSA) is 85.3 Å². The zero-order valence-electron chi connectivity index (χ0n) is 14.1. The lowest BCUT2D eigenvalue weighted by molar-refractivity contribution is -0.119. The molecule has 26 heavy (non-hydrogen) atoms. The van der Waals surface area contributed by atoms with Gasteiger partial charge in [0.1, 0.15) is 5.75 Å². The van der Waals surface area contributed by atoms with Gasteiger partial charge in [0, 0.05) is 16.6 Å². The van der Waals surface area contributed by atoms with Crippen molar-refractivity contribution in [2.75, 3.05) is 0 Å². The quantitative estimate of drug-likeness (QED) is 0.754. The molecule has 3 rings (SSSR count). The normalized spacial score (nSPS) is 12.3. The average Bonchev–Trinajstić information content (AvgIpc) is 2.87. The summed E-state index contributed by atoms with van der Waals surface area (Å²) in [5, 5.41) is 10.3. The van der Waals surface area contributed by atoms with Crippen LogP contribution >= 0.6 is 0 Å². The van der Waals surface area contributed by atoms with E-state index in [0.717, 1.165) is 12.1 Å². The minimum absolute atomic E-state index is 0.0344. The Morgan fingerprint density at radius 3 is 2.42 bits per heavy atom. The van der Waals surface area contributed by atoms with Crippen LogP contribution in [-0.2, 0) is 4.79 Å². The summed E-state index contributed by atoms with van der Waals surface area (Å²) in [6.07, 6.45) is 0. The Balaban J connectivity index is 2.29. The molecule has 1 aromatic heterocycles. The predicted octanol–water partition coefficient (Wildman–Crippen LogP) is 3.21. The number of phenols is 1. The van der Waals surface area contributed by atoms with E-state index in [-0.39, 0.29) is 11.3 Å². The molecule has 134 valence electrons. The number of aromatic hydroxyl groups is 1. The summed E-state index contributed by atoms with van der Waals surface area (Å²) in [4.78, 5) is 24.6. The molecule has 1 heterocycles. The summed E-state index contributed by atoms with van der Waals surface area (Å²) in [7, 11) is 0. The first-order chi connectivity index (χ1) is 12.2. The van der Waals surface area contributed by atoms with Crippen molar-refractivity contribution in [3.8, 4) is 5.75 Å². The van der Waals surface area contributed by atoms with Crippen molar-refractivity contribution in [2.24, 2.45) is 5.73 Å². The molecule has 5 nitrogen and oxygen atoms in total. The zero-order chi connectivity index (χ0) is 19.2. The Hall–Kier alpha value is -3.22. The van der Waals surface area contributed by atoms with Crippen LogP contribution in [0.1, 0.15) is 34.5 Å². The van der Waals surface area contributed by atoms with E-state index >= 15 is 0 Å². The number of amides is 1. The highest BCUT2D eigenvalue weighted by atomic mass is 19.2. The van der Waals surface area contributed by atoms with E-state index < -0.39 is 29.4 Å². The standard InChI is InChI=1S/C19H16F2N2O3/c1-9(18(22)25)17-10(2)23(16-6-4-12(24)8-13(16)17)19(26)11-3-5-14(20)15(21)7-11/h3-9,24H,1-2H3,(H2,22,25). The number of phenolic OH excluding ortho intramolecular Hbond substituents is 1. The molecule has 0 radical (unpaired) electrons. The van der Waals surface area contributed by atoms with Gasteiger partial charge in [-0.1, -0.05) is 0 Å². The third-order valence-electron chi connectivity index (χ3n) is 4.47. The molecule has 0 bridgehead atoms. The first-order valence-electron chi connectivity index (χ1n) is 7.85. The van der Waals surface area contributed by atoms with Crippen molar-refractivity contribution in [2.45, 2.75) is 19.8 Å². The van der Waals surface area contributed by atoms with Gasteiger partial charge in [0.2, 0.25) is 5.91 Å². The molecule has 7 heteroatoms. The minimum atomic E-state index is -1.13. The summed E-state index contributed by atoms with van der Waals surface area (Å²) in [5.41, 5.74) is 6.73. The van der Waals surface area contributed by atoms with Gasteiger partial charge in [-0.3, -0.25) is 14.2 Å². The predicted molar refractivity (Wildman–Crippen MR) is 92.0 cm³/mol. The first kappa shape index (κ1) is 17.6. The van der Waals surface area contributed by atoms with Crippen LogP contribution in [0.5, 0.6) is 5.75 Å². The Labute approximate surface area is 147 Å². The highest BCUT2D eigenvalue weighted by molar-refractivity contribution is 6.05. The van der Waals surface area contributed by atoms with Gasteiger partial charge in [0.05, 0.1) is 11.4 Å². The summed E-state index contributed by atoms with van der Waals surface area (Å²) >= 11 is 0. The monoisotopic (exact) mass is 358 g/mol. The molecule has 0 saturated carbocycles. The maximum Gasteiger partial charge on any atom is 0.262 e. The highest BCUT2D eigenvalue weighted by Gasteiger charge is 2.26. The third-order valence-corrected chi connectivity index (χ3v) is 4.47. The highest BCUT2D eigenvalue weighted by Crippen LogP contribution is 2.34. The number of primary amides is 1. The minimum Gasteiger partial charge on any atom is -0.508 e. The molecule has 3 aromatic rings. The van der Waals surface area contributed by atoms with Gasteiger partial charge in [-0.2, -0.15) is 0 Å². The second kappa shape index (κ2) is 6.25. The summed E-state index contributed by atoms with van der Waals surface area (Å²) in [5.74, 6) is -4.10. The second-order valence-corrected chi connectivity index (χ2v) is 6.09. The van der Waals surface area contributed by atoms with Gasteiger partial charge >= 0.3 is 0 Å². The largest absolute Gasteiger partial charge is 0.508 e. The number of benzene rings is 2. The van der Waals surface area contributed by atoms with Crippen molar-refractivity contribution >= 4 is 22.7 Å². The molecule has 0 aliphatic rings. The number of nitrogens with two attached hydrogens (primary N) is 1. The summed E-state index contributed by atoms with van der Waals surface area (Å²) in [6.45, 7) is 3.23. The van der Waals surface area contributed by atoms with Gasteiger partial charge < -0.3 is 10.8 Å². The van der Waals surface area contributed by atoms with E-state index in [1.54, 1.807) is 13.8 Å². The number of hydrogen-bond acceptors (Lipinski definition) is 3. The van der Waals surface area contributed by atoms with Gasteiger partial charge in [-0.25, -0.2) is 8.78 Å².